The van der Waals surface area contributed by atoms with Gasteiger partial charge in [-0.15, -0.1) is 11.3 Å². The van der Waals surface area contributed by atoms with Crippen LogP contribution in [0, 0.1) is 17.8 Å². The average molecular weight is 289 g/mol. The van der Waals surface area contributed by atoms with Crippen LogP contribution in [0.4, 0.5) is 0 Å². The van der Waals surface area contributed by atoms with Gasteiger partial charge in [0.05, 0.1) is 0 Å². The van der Waals surface area contributed by atoms with Gasteiger partial charge in [-0.2, -0.15) is 0 Å². The summed E-state index contributed by atoms with van der Waals surface area (Å²) in [5, 5.41) is 2.21. The number of thiophene rings is 1. The maximum Gasteiger partial charge on any atom is 0.0299 e. The first-order valence-corrected chi connectivity index (χ1v) is 9.47. The first kappa shape index (κ1) is 14.4. The second-order valence-corrected chi connectivity index (χ2v) is 7.76. The van der Waals surface area contributed by atoms with Gasteiger partial charge in [0, 0.05) is 4.88 Å². The fraction of sp³-hybridized carbons (Fsp3) is 0.684. The van der Waals surface area contributed by atoms with Crippen LogP contribution in [0.15, 0.2) is 23.6 Å². The van der Waals surface area contributed by atoms with Crippen LogP contribution in [0.1, 0.15) is 69.6 Å². The quantitative estimate of drug-likeness (QED) is 0.590. The molecule has 1 unspecified atom stereocenters. The van der Waals surface area contributed by atoms with E-state index in [0.717, 1.165) is 17.8 Å². The predicted octanol–water partition coefficient (Wildman–Crippen LogP) is 6.54. The molecular formula is C19H28S. The van der Waals surface area contributed by atoms with Crippen LogP contribution in [0.5, 0.6) is 0 Å². The lowest BCUT2D eigenvalue weighted by molar-refractivity contribution is 0.189. The van der Waals surface area contributed by atoms with Gasteiger partial charge in [-0.3, -0.25) is 0 Å². The highest BCUT2D eigenvalue weighted by Crippen LogP contribution is 2.42. The molecule has 0 bridgehead atoms. The summed E-state index contributed by atoms with van der Waals surface area (Å²) in [4.78, 5) is 1.51. The number of hydrogen-bond donors (Lipinski definition) is 0. The van der Waals surface area contributed by atoms with Gasteiger partial charge in [0.15, 0.2) is 0 Å². The third-order valence-electron chi connectivity index (χ3n) is 5.54. The third kappa shape index (κ3) is 3.36. The maximum atomic E-state index is 2.55. The van der Waals surface area contributed by atoms with Crippen molar-refractivity contribution in [3.05, 3.63) is 28.5 Å². The van der Waals surface area contributed by atoms with Crippen molar-refractivity contribution in [3.63, 3.8) is 0 Å². The van der Waals surface area contributed by atoms with Gasteiger partial charge in [-0.05, 0) is 66.9 Å². The second kappa shape index (κ2) is 6.93. The van der Waals surface area contributed by atoms with E-state index in [1.54, 1.807) is 5.57 Å². The minimum absolute atomic E-state index is 0.987. The lowest BCUT2D eigenvalue weighted by Gasteiger charge is -2.35. The largest absolute Gasteiger partial charge is 0.144 e. The summed E-state index contributed by atoms with van der Waals surface area (Å²) in [7, 11) is 0. The van der Waals surface area contributed by atoms with E-state index in [1.165, 1.54) is 62.7 Å². The van der Waals surface area contributed by atoms with Gasteiger partial charge >= 0.3 is 0 Å². The van der Waals surface area contributed by atoms with Gasteiger partial charge in [0.1, 0.15) is 0 Å². The van der Waals surface area contributed by atoms with Crippen LogP contribution in [-0.2, 0) is 0 Å². The van der Waals surface area contributed by atoms with E-state index >= 15 is 0 Å². The van der Waals surface area contributed by atoms with Crippen LogP contribution >= 0.6 is 11.3 Å². The summed E-state index contributed by atoms with van der Waals surface area (Å²) in [6.45, 7) is 2.34. The molecule has 3 rings (SSSR count). The van der Waals surface area contributed by atoms with Crippen molar-refractivity contribution in [3.8, 4) is 0 Å². The smallest absolute Gasteiger partial charge is 0.0299 e. The third-order valence-corrected chi connectivity index (χ3v) is 6.49. The van der Waals surface area contributed by atoms with Crippen molar-refractivity contribution in [1.82, 2.24) is 0 Å². The van der Waals surface area contributed by atoms with Gasteiger partial charge in [0.25, 0.3) is 0 Å². The van der Waals surface area contributed by atoms with Crippen LogP contribution < -0.4 is 0 Å². The van der Waals surface area contributed by atoms with E-state index in [-0.39, 0.29) is 0 Å². The molecular weight excluding hydrogens is 260 g/mol. The molecule has 1 heteroatoms. The van der Waals surface area contributed by atoms with Crippen LogP contribution in [0.2, 0.25) is 0 Å². The SMILES string of the molecule is CCCC1CCC(C2CC=C(c3cccs3)CC2)CC1. The van der Waals surface area contributed by atoms with Crippen LogP contribution in [-0.4, -0.2) is 0 Å². The Kier molecular flexibility index (Phi) is 4.99. The maximum absolute atomic E-state index is 2.55. The normalized spacial score (nSPS) is 31.1. The first-order chi connectivity index (χ1) is 9.86. The number of rotatable bonds is 4. The van der Waals surface area contributed by atoms with E-state index < -0.39 is 0 Å². The molecule has 110 valence electrons. The summed E-state index contributed by atoms with van der Waals surface area (Å²) in [6.07, 6.45) is 15.6. The zero-order valence-electron chi connectivity index (χ0n) is 12.8. The summed E-state index contributed by atoms with van der Waals surface area (Å²) in [5.74, 6) is 3.07. The second-order valence-electron chi connectivity index (χ2n) is 6.81. The Bertz CT molecular complexity index is 421. The zero-order chi connectivity index (χ0) is 13.8. The fourth-order valence-corrected chi connectivity index (χ4v) is 5.12. The number of allylic oxidation sites excluding steroid dienone is 2. The molecule has 0 nitrogen and oxygen atoms in total. The molecule has 2 aliphatic rings. The Balaban J connectivity index is 1.51. The molecule has 1 aromatic rings. The Hall–Kier alpha value is -0.560. The molecule has 1 saturated carbocycles. The Morgan fingerprint density at radius 2 is 1.95 bits per heavy atom. The van der Waals surface area contributed by atoms with Crippen molar-refractivity contribution in [2.75, 3.05) is 0 Å². The van der Waals surface area contributed by atoms with E-state index in [0.29, 0.717) is 0 Å². The van der Waals surface area contributed by atoms with Crippen LogP contribution in [0.25, 0.3) is 5.57 Å². The van der Waals surface area contributed by atoms with E-state index in [2.05, 4.69) is 30.5 Å². The van der Waals surface area contributed by atoms with Crippen molar-refractivity contribution in [2.45, 2.75) is 64.7 Å². The molecule has 1 aromatic heterocycles. The summed E-state index contributed by atoms with van der Waals surface area (Å²) >= 11 is 1.90. The predicted molar refractivity (Wildman–Crippen MR) is 90.0 cm³/mol. The van der Waals surface area contributed by atoms with Gasteiger partial charge in [-0.1, -0.05) is 44.7 Å². The molecule has 0 aromatic carbocycles. The van der Waals surface area contributed by atoms with E-state index in [9.17, 15) is 0 Å². The summed E-state index contributed by atoms with van der Waals surface area (Å²) in [5.41, 5.74) is 1.62. The highest BCUT2D eigenvalue weighted by atomic mass is 32.1. The minimum Gasteiger partial charge on any atom is -0.144 e. The molecule has 0 N–H and O–H groups in total. The molecule has 0 spiro atoms. The van der Waals surface area contributed by atoms with Crippen molar-refractivity contribution in [2.24, 2.45) is 17.8 Å². The van der Waals surface area contributed by atoms with Crippen molar-refractivity contribution < 1.29 is 0 Å². The van der Waals surface area contributed by atoms with Crippen LogP contribution in [0.3, 0.4) is 0 Å². The Morgan fingerprint density at radius 3 is 2.55 bits per heavy atom. The minimum atomic E-state index is 0.987. The molecule has 0 radical (unpaired) electrons. The highest BCUT2D eigenvalue weighted by Gasteiger charge is 2.28. The molecule has 20 heavy (non-hydrogen) atoms. The van der Waals surface area contributed by atoms with Crippen molar-refractivity contribution in [1.29, 1.82) is 0 Å². The monoisotopic (exact) mass is 288 g/mol. The molecule has 1 heterocycles. The fourth-order valence-electron chi connectivity index (χ4n) is 4.32. The molecule has 1 atom stereocenters. The molecule has 2 aliphatic carbocycles. The van der Waals surface area contributed by atoms with E-state index in [1.807, 2.05) is 11.3 Å². The van der Waals surface area contributed by atoms with E-state index in [4.69, 9.17) is 0 Å². The van der Waals surface area contributed by atoms with Gasteiger partial charge < -0.3 is 0 Å². The van der Waals surface area contributed by atoms with Gasteiger partial charge in [-0.25, -0.2) is 0 Å². The standard InChI is InChI=1S/C19H28S/c1-2-4-15-6-8-16(9-7-15)17-10-12-18(13-11-17)19-5-3-14-20-19/h3,5,12,14-17H,2,4,6-11,13H2,1H3. The lowest BCUT2D eigenvalue weighted by Crippen LogP contribution is -2.23. The summed E-state index contributed by atoms with van der Waals surface area (Å²) < 4.78 is 0. The first-order valence-electron chi connectivity index (χ1n) is 8.59. The Labute approximate surface area is 128 Å². The molecule has 0 aliphatic heterocycles. The zero-order valence-corrected chi connectivity index (χ0v) is 13.6. The molecule has 0 saturated heterocycles. The average Bonchev–Trinajstić information content (AvgIpc) is 3.03. The topological polar surface area (TPSA) is 0 Å². The van der Waals surface area contributed by atoms with Crippen molar-refractivity contribution >= 4 is 16.9 Å². The summed E-state index contributed by atoms with van der Waals surface area (Å²) in [6, 6.07) is 4.47. The highest BCUT2D eigenvalue weighted by molar-refractivity contribution is 7.11. The lowest BCUT2D eigenvalue weighted by atomic mass is 9.71. The molecule has 1 fully saturated rings. The number of hydrogen-bond acceptors (Lipinski definition) is 1. The Morgan fingerprint density at radius 1 is 1.10 bits per heavy atom. The molecule has 0 amide bonds. The van der Waals surface area contributed by atoms with Gasteiger partial charge in [0.2, 0.25) is 0 Å².